The van der Waals surface area contributed by atoms with Gasteiger partial charge in [-0.1, -0.05) is 23.3 Å². The minimum Gasteiger partial charge on any atom is -0.313 e. The van der Waals surface area contributed by atoms with Gasteiger partial charge in [0.05, 0.1) is 4.90 Å². The average molecular weight is 305 g/mol. The molecule has 0 aliphatic carbocycles. The van der Waals surface area contributed by atoms with Crippen LogP contribution in [0.3, 0.4) is 0 Å². The molecule has 0 spiro atoms. The van der Waals surface area contributed by atoms with Crippen LogP contribution in [0.2, 0.25) is 5.02 Å². The van der Waals surface area contributed by atoms with Gasteiger partial charge in [-0.2, -0.15) is 0 Å². The summed E-state index contributed by atoms with van der Waals surface area (Å²) in [7, 11) is -3.74. The summed E-state index contributed by atoms with van der Waals surface area (Å²) in [6, 6.07) is 3.24. The van der Waals surface area contributed by atoms with Gasteiger partial charge in [-0.05, 0) is 31.2 Å². The van der Waals surface area contributed by atoms with Crippen molar-refractivity contribution in [3.05, 3.63) is 40.7 Å². The van der Waals surface area contributed by atoms with Gasteiger partial charge in [0.15, 0.2) is 0 Å². The van der Waals surface area contributed by atoms with Gasteiger partial charge in [0, 0.05) is 18.1 Å². The van der Waals surface area contributed by atoms with Gasteiger partial charge in [0.2, 0.25) is 10.0 Å². The Hall–Kier alpha value is -0.950. The van der Waals surface area contributed by atoms with E-state index >= 15 is 0 Å². The van der Waals surface area contributed by atoms with Gasteiger partial charge in [-0.3, -0.25) is 0 Å². The number of sulfonamides is 1. The second kappa shape index (κ2) is 6.00. The van der Waals surface area contributed by atoms with Crippen LogP contribution in [-0.4, -0.2) is 28.1 Å². The third kappa shape index (κ3) is 4.01. The van der Waals surface area contributed by atoms with Gasteiger partial charge >= 0.3 is 0 Å². The van der Waals surface area contributed by atoms with E-state index in [4.69, 9.17) is 11.6 Å². The Kier molecular flexibility index (Phi) is 4.57. The lowest BCUT2D eigenvalue weighted by Crippen LogP contribution is -2.29. The van der Waals surface area contributed by atoms with Crippen molar-refractivity contribution in [2.45, 2.75) is 11.3 Å². The Bertz CT molecular complexity index is 581. The number of hydrogen-bond donors (Lipinski definition) is 2. The van der Waals surface area contributed by atoms with E-state index in [-0.39, 0.29) is 16.5 Å². The summed E-state index contributed by atoms with van der Waals surface area (Å²) in [5, 5.41) is 3.19. The normalized spacial score (nSPS) is 16.2. The molecule has 2 rings (SSSR count). The highest BCUT2D eigenvalue weighted by Crippen LogP contribution is 2.18. The fourth-order valence-electron chi connectivity index (χ4n) is 1.78. The number of nitrogens with one attached hydrogen (secondary N) is 2. The zero-order valence-corrected chi connectivity index (χ0v) is 11.7. The first kappa shape index (κ1) is 14.5. The van der Waals surface area contributed by atoms with Crippen molar-refractivity contribution in [3.63, 3.8) is 0 Å². The second-order valence-corrected chi connectivity index (χ2v) is 6.45. The molecule has 19 heavy (non-hydrogen) atoms. The van der Waals surface area contributed by atoms with E-state index in [1.807, 2.05) is 6.08 Å². The molecular formula is C12H14ClFN2O2S. The summed E-state index contributed by atoms with van der Waals surface area (Å²) >= 11 is 5.65. The highest BCUT2D eigenvalue weighted by atomic mass is 35.5. The van der Waals surface area contributed by atoms with E-state index < -0.39 is 15.8 Å². The minimum absolute atomic E-state index is 0.0569. The molecule has 2 N–H and O–H groups in total. The van der Waals surface area contributed by atoms with E-state index in [1.165, 1.54) is 6.07 Å². The molecule has 7 heteroatoms. The molecule has 0 unspecified atom stereocenters. The standard InChI is InChI=1S/C12H14ClFN2O2S/c13-10-5-11(14)7-12(6-10)19(17,18)16-8-9-1-3-15-4-2-9/h1,5-7,15-16H,2-4,8H2. The molecule has 1 aromatic rings. The predicted molar refractivity (Wildman–Crippen MR) is 72.2 cm³/mol. The van der Waals surface area contributed by atoms with Crippen LogP contribution < -0.4 is 10.0 Å². The molecule has 0 saturated carbocycles. The monoisotopic (exact) mass is 304 g/mol. The third-order valence-corrected chi connectivity index (χ3v) is 4.39. The Morgan fingerprint density at radius 2 is 2.16 bits per heavy atom. The van der Waals surface area contributed by atoms with Crippen LogP contribution in [0.15, 0.2) is 34.7 Å². The molecule has 0 bridgehead atoms. The Balaban J connectivity index is 2.11. The smallest absolute Gasteiger partial charge is 0.241 e. The molecule has 1 aliphatic heterocycles. The fraction of sp³-hybridized carbons (Fsp3) is 0.333. The van der Waals surface area contributed by atoms with Crippen molar-refractivity contribution < 1.29 is 12.8 Å². The first-order valence-electron chi connectivity index (χ1n) is 5.82. The first-order chi connectivity index (χ1) is 8.97. The highest BCUT2D eigenvalue weighted by Gasteiger charge is 2.16. The fourth-order valence-corrected chi connectivity index (χ4v) is 3.16. The average Bonchev–Trinajstić information content (AvgIpc) is 2.37. The topological polar surface area (TPSA) is 58.2 Å². The first-order valence-corrected chi connectivity index (χ1v) is 7.68. The molecule has 4 nitrogen and oxygen atoms in total. The van der Waals surface area contributed by atoms with Gasteiger partial charge < -0.3 is 5.32 Å². The van der Waals surface area contributed by atoms with Crippen molar-refractivity contribution in [3.8, 4) is 0 Å². The maximum atomic E-state index is 13.2. The molecule has 1 aromatic carbocycles. The van der Waals surface area contributed by atoms with Crippen LogP contribution in [0.5, 0.6) is 0 Å². The largest absolute Gasteiger partial charge is 0.313 e. The number of hydrogen-bond acceptors (Lipinski definition) is 3. The number of rotatable bonds is 4. The van der Waals surface area contributed by atoms with Crippen LogP contribution >= 0.6 is 11.6 Å². The maximum absolute atomic E-state index is 13.2. The molecule has 1 heterocycles. The summed E-state index contributed by atoms with van der Waals surface area (Å²) < 4.78 is 39.6. The van der Waals surface area contributed by atoms with Crippen molar-refractivity contribution in [1.29, 1.82) is 0 Å². The Morgan fingerprint density at radius 1 is 1.37 bits per heavy atom. The molecule has 0 aromatic heterocycles. The van der Waals surface area contributed by atoms with Crippen molar-refractivity contribution in [2.75, 3.05) is 19.6 Å². The van der Waals surface area contributed by atoms with E-state index in [1.54, 1.807) is 0 Å². The van der Waals surface area contributed by atoms with Crippen LogP contribution in [0.25, 0.3) is 0 Å². The Morgan fingerprint density at radius 3 is 2.79 bits per heavy atom. The summed E-state index contributed by atoms with van der Waals surface area (Å²) in [5.74, 6) is -0.672. The predicted octanol–water partition coefficient (Wildman–Crippen LogP) is 1.68. The quantitative estimate of drug-likeness (QED) is 0.832. The lowest BCUT2D eigenvalue weighted by molar-refractivity contribution is 0.578. The molecule has 104 valence electrons. The van der Waals surface area contributed by atoms with Crippen molar-refractivity contribution in [2.24, 2.45) is 0 Å². The molecule has 0 atom stereocenters. The Labute approximate surface area is 116 Å². The van der Waals surface area contributed by atoms with Crippen LogP contribution in [-0.2, 0) is 10.0 Å². The molecule has 0 amide bonds. The maximum Gasteiger partial charge on any atom is 0.241 e. The zero-order valence-electron chi connectivity index (χ0n) is 10.1. The number of halogens is 2. The van der Waals surface area contributed by atoms with Crippen LogP contribution in [0.1, 0.15) is 6.42 Å². The third-order valence-electron chi connectivity index (χ3n) is 2.79. The molecule has 0 fully saturated rings. The van der Waals surface area contributed by atoms with Gasteiger partial charge in [0.25, 0.3) is 0 Å². The van der Waals surface area contributed by atoms with Crippen molar-refractivity contribution in [1.82, 2.24) is 10.0 Å². The van der Waals surface area contributed by atoms with Crippen molar-refractivity contribution >= 4 is 21.6 Å². The second-order valence-electron chi connectivity index (χ2n) is 4.25. The van der Waals surface area contributed by atoms with E-state index in [9.17, 15) is 12.8 Å². The van der Waals surface area contributed by atoms with Crippen LogP contribution in [0.4, 0.5) is 4.39 Å². The van der Waals surface area contributed by atoms with Gasteiger partial charge in [-0.25, -0.2) is 17.5 Å². The van der Waals surface area contributed by atoms with Gasteiger partial charge in [-0.15, -0.1) is 0 Å². The summed E-state index contributed by atoms with van der Waals surface area (Å²) in [5.41, 5.74) is 1.02. The molecule has 1 aliphatic rings. The van der Waals surface area contributed by atoms with E-state index in [2.05, 4.69) is 10.0 Å². The number of benzene rings is 1. The van der Waals surface area contributed by atoms with Gasteiger partial charge in [0.1, 0.15) is 5.82 Å². The lowest BCUT2D eigenvalue weighted by Gasteiger charge is -2.14. The van der Waals surface area contributed by atoms with Crippen LogP contribution in [0, 0.1) is 5.82 Å². The van der Waals surface area contributed by atoms with E-state index in [0.717, 1.165) is 37.2 Å². The summed E-state index contributed by atoms with van der Waals surface area (Å²) in [6.07, 6.45) is 2.75. The molecule has 0 radical (unpaired) electrons. The minimum atomic E-state index is -3.74. The zero-order chi connectivity index (χ0) is 13.9. The lowest BCUT2D eigenvalue weighted by atomic mass is 10.1. The highest BCUT2D eigenvalue weighted by molar-refractivity contribution is 7.89. The van der Waals surface area contributed by atoms with E-state index in [0.29, 0.717) is 0 Å². The molecular weight excluding hydrogens is 291 g/mol. The summed E-state index contributed by atoms with van der Waals surface area (Å²) in [6.45, 7) is 1.81. The summed E-state index contributed by atoms with van der Waals surface area (Å²) in [4.78, 5) is -0.160. The molecule has 0 saturated heterocycles. The SMILES string of the molecule is O=S(=O)(NCC1=CCNCC1)c1cc(F)cc(Cl)c1.